The largest absolute Gasteiger partial charge is 0.326 e. The van der Waals surface area contributed by atoms with Gasteiger partial charge in [-0.05, 0) is 11.4 Å². The van der Waals surface area contributed by atoms with Crippen molar-refractivity contribution >= 4 is 22.9 Å². The first-order chi connectivity index (χ1) is 6.15. The van der Waals surface area contributed by atoms with Crippen LogP contribution in [0, 0.1) is 5.92 Å². The van der Waals surface area contributed by atoms with Gasteiger partial charge in [0.25, 0.3) is 0 Å². The molecule has 13 heavy (non-hydrogen) atoms. The number of hydrogen-bond donors (Lipinski definition) is 2. The third-order valence-corrected chi connectivity index (χ3v) is 2.66. The predicted molar refractivity (Wildman–Crippen MR) is 55.7 cm³/mol. The van der Waals surface area contributed by atoms with E-state index in [1.165, 1.54) is 0 Å². The van der Waals surface area contributed by atoms with Crippen molar-refractivity contribution in [2.75, 3.05) is 5.32 Å². The van der Waals surface area contributed by atoms with Gasteiger partial charge in [0, 0.05) is 17.3 Å². The summed E-state index contributed by atoms with van der Waals surface area (Å²) >= 11 is 1.56. The average molecular weight is 198 g/mol. The fourth-order valence-electron chi connectivity index (χ4n) is 0.887. The molecule has 0 spiro atoms. The minimum absolute atomic E-state index is 0.00512. The number of nitrogens with one attached hydrogen (secondary N) is 1. The van der Waals surface area contributed by atoms with E-state index in [0.717, 1.165) is 10.6 Å². The van der Waals surface area contributed by atoms with Gasteiger partial charge in [-0.15, -0.1) is 11.3 Å². The van der Waals surface area contributed by atoms with E-state index in [2.05, 4.69) is 5.32 Å². The molecule has 4 heteroatoms. The maximum Gasteiger partial charge on any atom is 0.226 e. The van der Waals surface area contributed by atoms with E-state index in [4.69, 9.17) is 5.73 Å². The van der Waals surface area contributed by atoms with Crippen LogP contribution < -0.4 is 11.1 Å². The van der Waals surface area contributed by atoms with E-state index in [-0.39, 0.29) is 11.8 Å². The first-order valence-electron chi connectivity index (χ1n) is 4.22. The summed E-state index contributed by atoms with van der Waals surface area (Å²) in [7, 11) is 0. The zero-order valence-corrected chi connectivity index (χ0v) is 8.65. The summed E-state index contributed by atoms with van der Waals surface area (Å²) in [6.07, 6.45) is 0. The lowest BCUT2D eigenvalue weighted by atomic mass is 10.2. The van der Waals surface area contributed by atoms with Gasteiger partial charge in [-0.25, -0.2) is 0 Å². The molecule has 0 unspecified atom stereocenters. The molecule has 0 saturated carbocycles. The molecule has 0 fully saturated rings. The van der Waals surface area contributed by atoms with Crippen molar-refractivity contribution in [1.82, 2.24) is 0 Å². The average Bonchev–Trinajstić information content (AvgIpc) is 2.51. The minimum atomic E-state index is 0.00512. The SMILES string of the molecule is CC(C)C(=O)Nc1ccsc1CN. The van der Waals surface area contributed by atoms with Gasteiger partial charge < -0.3 is 11.1 Å². The second-order valence-electron chi connectivity index (χ2n) is 3.11. The van der Waals surface area contributed by atoms with Crippen LogP contribution in [0.1, 0.15) is 18.7 Å². The highest BCUT2D eigenvalue weighted by Gasteiger charge is 2.09. The Labute approximate surface area is 81.9 Å². The van der Waals surface area contributed by atoms with Crippen LogP contribution in [0.5, 0.6) is 0 Å². The van der Waals surface area contributed by atoms with Crippen LogP contribution in [0.25, 0.3) is 0 Å². The predicted octanol–water partition coefficient (Wildman–Crippen LogP) is 1.80. The first kappa shape index (κ1) is 10.2. The summed E-state index contributed by atoms with van der Waals surface area (Å²) in [5, 5.41) is 4.76. The van der Waals surface area contributed by atoms with E-state index in [1.54, 1.807) is 11.3 Å². The van der Waals surface area contributed by atoms with Crippen molar-refractivity contribution in [1.29, 1.82) is 0 Å². The number of nitrogens with two attached hydrogens (primary N) is 1. The molecule has 0 aliphatic carbocycles. The van der Waals surface area contributed by atoms with E-state index < -0.39 is 0 Å². The van der Waals surface area contributed by atoms with Crippen LogP contribution in [-0.2, 0) is 11.3 Å². The highest BCUT2D eigenvalue weighted by Crippen LogP contribution is 2.21. The van der Waals surface area contributed by atoms with Crippen LogP contribution >= 0.6 is 11.3 Å². The molecule has 3 N–H and O–H groups in total. The normalized spacial score (nSPS) is 10.5. The van der Waals surface area contributed by atoms with Crippen molar-refractivity contribution in [2.24, 2.45) is 11.7 Å². The van der Waals surface area contributed by atoms with Crippen molar-refractivity contribution in [3.63, 3.8) is 0 Å². The Hall–Kier alpha value is -0.870. The lowest BCUT2D eigenvalue weighted by Gasteiger charge is -2.07. The summed E-state index contributed by atoms with van der Waals surface area (Å²) in [4.78, 5) is 12.4. The molecule has 3 nitrogen and oxygen atoms in total. The molecule has 1 rings (SSSR count). The Kier molecular flexibility index (Phi) is 3.45. The van der Waals surface area contributed by atoms with Crippen LogP contribution in [0.2, 0.25) is 0 Å². The Morgan fingerprint density at radius 2 is 2.38 bits per heavy atom. The number of carbonyl (C=O) groups excluding carboxylic acids is 1. The second-order valence-corrected chi connectivity index (χ2v) is 4.11. The van der Waals surface area contributed by atoms with Gasteiger partial charge in [0.1, 0.15) is 0 Å². The zero-order valence-electron chi connectivity index (χ0n) is 7.83. The zero-order chi connectivity index (χ0) is 9.84. The number of rotatable bonds is 3. The van der Waals surface area contributed by atoms with Gasteiger partial charge in [-0.1, -0.05) is 13.8 Å². The highest BCUT2D eigenvalue weighted by atomic mass is 32.1. The monoisotopic (exact) mass is 198 g/mol. The number of amides is 1. The Bertz CT molecular complexity index is 294. The van der Waals surface area contributed by atoms with Crippen LogP contribution in [-0.4, -0.2) is 5.91 Å². The van der Waals surface area contributed by atoms with Crippen molar-refractivity contribution in [3.05, 3.63) is 16.3 Å². The highest BCUT2D eigenvalue weighted by molar-refractivity contribution is 7.10. The fraction of sp³-hybridized carbons (Fsp3) is 0.444. The number of hydrogen-bond acceptors (Lipinski definition) is 3. The summed E-state index contributed by atoms with van der Waals surface area (Å²) in [6.45, 7) is 4.21. The number of thiophene rings is 1. The molecule has 0 atom stereocenters. The molecule has 0 aromatic carbocycles. The summed E-state index contributed by atoms with van der Waals surface area (Å²) in [5.41, 5.74) is 6.36. The standard InChI is InChI=1S/C9H14N2OS/c1-6(2)9(12)11-7-3-4-13-8(7)5-10/h3-4,6H,5,10H2,1-2H3,(H,11,12). The minimum Gasteiger partial charge on any atom is -0.326 e. The molecule has 1 amide bonds. The van der Waals surface area contributed by atoms with E-state index in [9.17, 15) is 4.79 Å². The van der Waals surface area contributed by atoms with Crippen LogP contribution in [0.15, 0.2) is 11.4 Å². The quantitative estimate of drug-likeness (QED) is 0.778. The first-order valence-corrected chi connectivity index (χ1v) is 5.10. The van der Waals surface area contributed by atoms with Gasteiger partial charge in [0.2, 0.25) is 5.91 Å². The lowest BCUT2D eigenvalue weighted by Crippen LogP contribution is -2.18. The van der Waals surface area contributed by atoms with E-state index >= 15 is 0 Å². The van der Waals surface area contributed by atoms with Gasteiger partial charge in [-0.2, -0.15) is 0 Å². The summed E-state index contributed by atoms with van der Waals surface area (Å²) in [6, 6.07) is 1.88. The van der Waals surface area contributed by atoms with Gasteiger partial charge in [0.15, 0.2) is 0 Å². The third kappa shape index (κ3) is 2.54. The molecule has 0 aliphatic rings. The molecule has 0 aliphatic heterocycles. The molecule has 1 aromatic rings. The van der Waals surface area contributed by atoms with Gasteiger partial charge in [0.05, 0.1) is 5.69 Å². The molecule has 1 heterocycles. The maximum absolute atomic E-state index is 11.3. The Morgan fingerprint density at radius 3 is 2.92 bits per heavy atom. The van der Waals surface area contributed by atoms with E-state index in [1.807, 2.05) is 25.3 Å². The topological polar surface area (TPSA) is 55.1 Å². The Morgan fingerprint density at radius 1 is 1.69 bits per heavy atom. The Balaban J connectivity index is 2.68. The maximum atomic E-state index is 11.3. The smallest absolute Gasteiger partial charge is 0.226 e. The molecule has 72 valence electrons. The molecule has 0 bridgehead atoms. The molecular formula is C9H14N2OS. The van der Waals surface area contributed by atoms with Crippen molar-refractivity contribution < 1.29 is 4.79 Å². The summed E-state index contributed by atoms with van der Waals surface area (Å²) in [5.74, 6) is 0.0404. The molecule has 0 radical (unpaired) electrons. The van der Waals surface area contributed by atoms with Crippen LogP contribution in [0.3, 0.4) is 0 Å². The van der Waals surface area contributed by atoms with Crippen molar-refractivity contribution in [2.45, 2.75) is 20.4 Å². The van der Waals surface area contributed by atoms with Gasteiger partial charge >= 0.3 is 0 Å². The second kappa shape index (κ2) is 4.39. The fourth-order valence-corrected chi connectivity index (χ4v) is 1.60. The number of anilines is 1. The molecule has 0 saturated heterocycles. The van der Waals surface area contributed by atoms with Crippen molar-refractivity contribution in [3.8, 4) is 0 Å². The lowest BCUT2D eigenvalue weighted by molar-refractivity contribution is -0.118. The summed E-state index contributed by atoms with van der Waals surface area (Å²) < 4.78 is 0. The van der Waals surface area contributed by atoms with Crippen LogP contribution in [0.4, 0.5) is 5.69 Å². The molecular weight excluding hydrogens is 184 g/mol. The molecule has 1 aromatic heterocycles. The third-order valence-electron chi connectivity index (χ3n) is 1.71. The van der Waals surface area contributed by atoms with Gasteiger partial charge in [-0.3, -0.25) is 4.79 Å². The number of carbonyl (C=O) groups is 1. The van der Waals surface area contributed by atoms with E-state index in [0.29, 0.717) is 6.54 Å².